The van der Waals surface area contributed by atoms with E-state index in [0.717, 1.165) is 37.6 Å². The monoisotopic (exact) mass is 392 g/mol. The van der Waals surface area contributed by atoms with Gasteiger partial charge in [0.15, 0.2) is 0 Å². The maximum atomic E-state index is 12.2. The summed E-state index contributed by atoms with van der Waals surface area (Å²) < 4.78 is 43.3. The van der Waals surface area contributed by atoms with Crippen LogP contribution in [0.3, 0.4) is 0 Å². The average Bonchev–Trinajstić information content (AvgIpc) is 3.08. The lowest BCUT2D eigenvalue weighted by atomic mass is 9.99. The van der Waals surface area contributed by atoms with Gasteiger partial charge in [-0.3, -0.25) is 9.69 Å². The van der Waals surface area contributed by atoms with Crippen LogP contribution in [0.1, 0.15) is 17.9 Å². The summed E-state index contributed by atoms with van der Waals surface area (Å²) in [5, 5.41) is 7.12. The zero-order chi connectivity index (χ0) is 20.4. The Kier molecular flexibility index (Phi) is 6.53. The lowest BCUT2D eigenvalue weighted by molar-refractivity contribution is -0.192. The fraction of sp³-hybridized carbons (Fsp3) is 0.647. The van der Waals surface area contributed by atoms with Crippen LogP contribution in [0.2, 0.25) is 0 Å². The number of aliphatic carboxylic acids is 1. The Balaban J connectivity index is 0.000000321. The van der Waals surface area contributed by atoms with Crippen LogP contribution in [0, 0.1) is 12.8 Å². The number of likely N-dealkylation sites (tertiary alicyclic amines) is 1. The Morgan fingerprint density at radius 1 is 1.30 bits per heavy atom. The first kappa shape index (κ1) is 21.2. The number of carbonyl (C=O) groups excluding carboxylic acids is 1. The number of fused-ring (bicyclic) bond motifs is 2. The molecule has 3 atom stereocenters. The van der Waals surface area contributed by atoms with E-state index in [0.29, 0.717) is 0 Å². The van der Waals surface area contributed by atoms with E-state index in [2.05, 4.69) is 4.90 Å². The largest absolute Gasteiger partial charge is 0.490 e. The molecule has 0 aromatic carbocycles. The van der Waals surface area contributed by atoms with Crippen LogP contribution in [0.15, 0.2) is 16.5 Å². The standard InChI is InChI=1S/C15H22N2O3.C2HF3O2/c1-10-4-5-11(19-10)7-17-8-12-6-13(14(9-17)20-12)15(18)16(2)3;3-2(4,5)1(6)7/h4-5,12-14H,6-9H2,1-3H3;(H,6,7). The lowest BCUT2D eigenvalue weighted by Crippen LogP contribution is -2.44. The summed E-state index contributed by atoms with van der Waals surface area (Å²) in [7, 11) is 3.63. The highest BCUT2D eigenvalue weighted by molar-refractivity contribution is 5.79. The van der Waals surface area contributed by atoms with Gasteiger partial charge in [0.1, 0.15) is 11.5 Å². The van der Waals surface area contributed by atoms with Gasteiger partial charge in [0.05, 0.1) is 24.7 Å². The first-order valence-electron chi connectivity index (χ1n) is 8.41. The zero-order valence-corrected chi connectivity index (χ0v) is 15.3. The number of nitrogens with zero attached hydrogens (tertiary/aromatic N) is 2. The van der Waals surface area contributed by atoms with E-state index in [1.807, 2.05) is 33.2 Å². The first-order valence-corrected chi connectivity index (χ1v) is 8.41. The van der Waals surface area contributed by atoms with Gasteiger partial charge in [-0.1, -0.05) is 0 Å². The van der Waals surface area contributed by atoms with Gasteiger partial charge < -0.3 is 19.2 Å². The predicted octanol–water partition coefficient (Wildman–Crippen LogP) is 1.90. The summed E-state index contributed by atoms with van der Waals surface area (Å²) in [6.07, 6.45) is -4.03. The minimum Gasteiger partial charge on any atom is -0.475 e. The maximum Gasteiger partial charge on any atom is 0.490 e. The minimum absolute atomic E-state index is 0.0123. The number of ether oxygens (including phenoxy) is 1. The van der Waals surface area contributed by atoms with Crippen molar-refractivity contribution >= 4 is 11.9 Å². The van der Waals surface area contributed by atoms with Gasteiger partial charge in [0.2, 0.25) is 5.91 Å². The Morgan fingerprint density at radius 3 is 2.41 bits per heavy atom. The second kappa shape index (κ2) is 8.30. The van der Waals surface area contributed by atoms with Crippen molar-refractivity contribution in [2.45, 2.75) is 38.3 Å². The topological polar surface area (TPSA) is 83.2 Å². The minimum atomic E-state index is -5.08. The molecule has 0 radical (unpaired) electrons. The van der Waals surface area contributed by atoms with Crippen molar-refractivity contribution < 1.29 is 37.0 Å². The molecule has 1 aromatic rings. The van der Waals surface area contributed by atoms with Gasteiger partial charge in [-0.25, -0.2) is 4.79 Å². The fourth-order valence-electron chi connectivity index (χ4n) is 3.25. The molecule has 3 rings (SSSR count). The molecule has 0 saturated carbocycles. The predicted molar refractivity (Wildman–Crippen MR) is 87.9 cm³/mol. The fourth-order valence-corrected chi connectivity index (χ4v) is 3.25. The number of rotatable bonds is 3. The van der Waals surface area contributed by atoms with Crippen molar-refractivity contribution in [3.8, 4) is 0 Å². The van der Waals surface area contributed by atoms with Crippen LogP contribution in [0.25, 0.3) is 0 Å². The molecule has 10 heteroatoms. The molecule has 1 N–H and O–H groups in total. The van der Waals surface area contributed by atoms with Gasteiger partial charge in [0.25, 0.3) is 0 Å². The van der Waals surface area contributed by atoms with E-state index in [4.69, 9.17) is 19.1 Å². The Morgan fingerprint density at radius 2 is 1.93 bits per heavy atom. The average molecular weight is 392 g/mol. The van der Waals surface area contributed by atoms with Crippen molar-refractivity contribution in [3.05, 3.63) is 23.7 Å². The highest BCUT2D eigenvalue weighted by atomic mass is 19.4. The first-order chi connectivity index (χ1) is 12.5. The summed E-state index contributed by atoms with van der Waals surface area (Å²) in [6, 6.07) is 4.01. The van der Waals surface area contributed by atoms with Crippen LogP contribution in [-0.4, -0.2) is 72.4 Å². The molecule has 1 amide bonds. The molecule has 152 valence electrons. The summed E-state index contributed by atoms with van der Waals surface area (Å²) in [4.78, 5) is 25.1. The summed E-state index contributed by atoms with van der Waals surface area (Å²) in [5.41, 5.74) is 0. The van der Waals surface area contributed by atoms with Crippen LogP contribution in [0.5, 0.6) is 0 Å². The number of hydrogen-bond donors (Lipinski definition) is 1. The van der Waals surface area contributed by atoms with Crippen LogP contribution in [0.4, 0.5) is 13.2 Å². The van der Waals surface area contributed by atoms with Gasteiger partial charge in [0, 0.05) is 27.2 Å². The number of alkyl halides is 3. The molecular weight excluding hydrogens is 369 g/mol. The Labute approximate surface area is 154 Å². The lowest BCUT2D eigenvalue weighted by Gasteiger charge is -2.32. The van der Waals surface area contributed by atoms with Crippen molar-refractivity contribution in [2.75, 3.05) is 27.2 Å². The third-order valence-electron chi connectivity index (χ3n) is 4.41. The number of carboxylic acid groups (broad SMARTS) is 1. The molecule has 2 aliphatic rings. The maximum absolute atomic E-state index is 12.2. The molecule has 2 fully saturated rings. The van der Waals surface area contributed by atoms with Crippen LogP contribution in [-0.2, 0) is 20.9 Å². The number of aryl methyl sites for hydroxylation is 1. The zero-order valence-electron chi connectivity index (χ0n) is 15.3. The number of hydrogen-bond acceptors (Lipinski definition) is 5. The molecule has 27 heavy (non-hydrogen) atoms. The summed E-state index contributed by atoms with van der Waals surface area (Å²) in [6.45, 7) is 4.44. The van der Waals surface area contributed by atoms with Gasteiger partial charge in [-0.05, 0) is 25.5 Å². The normalized spacial score (nSPS) is 24.9. The van der Waals surface area contributed by atoms with Crippen molar-refractivity contribution in [2.24, 2.45) is 5.92 Å². The quantitative estimate of drug-likeness (QED) is 0.846. The molecule has 2 aliphatic heterocycles. The molecule has 3 heterocycles. The Hall–Kier alpha value is -2.07. The van der Waals surface area contributed by atoms with E-state index in [1.54, 1.807) is 4.90 Å². The van der Waals surface area contributed by atoms with Crippen LogP contribution >= 0.6 is 0 Å². The number of carbonyl (C=O) groups is 2. The highest BCUT2D eigenvalue weighted by Gasteiger charge is 2.45. The van der Waals surface area contributed by atoms with Crippen molar-refractivity contribution in [1.82, 2.24) is 9.80 Å². The number of furan rings is 1. The smallest absolute Gasteiger partial charge is 0.475 e. The number of halogens is 3. The molecular formula is C17H23F3N2O5. The molecule has 2 saturated heterocycles. The van der Waals surface area contributed by atoms with E-state index >= 15 is 0 Å². The number of carboxylic acids is 1. The number of morpholine rings is 1. The Bertz CT molecular complexity index is 674. The summed E-state index contributed by atoms with van der Waals surface area (Å²) >= 11 is 0. The SMILES string of the molecule is Cc1ccc(CN2CC3CC(C(=O)N(C)C)C(C2)O3)o1.O=C(O)C(F)(F)F. The van der Waals surface area contributed by atoms with E-state index < -0.39 is 12.1 Å². The molecule has 1 aromatic heterocycles. The second-order valence-corrected chi connectivity index (χ2v) is 6.88. The third kappa shape index (κ3) is 5.70. The third-order valence-corrected chi connectivity index (χ3v) is 4.41. The van der Waals surface area contributed by atoms with E-state index in [-0.39, 0.29) is 24.0 Å². The second-order valence-electron chi connectivity index (χ2n) is 6.88. The summed E-state index contributed by atoms with van der Waals surface area (Å²) in [5.74, 6) is -0.629. The molecule has 7 nitrogen and oxygen atoms in total. The molecule has 0 spiro atoms. The van der Waals surface area contributed by atoms with Gasteiger partial charge in [-0.15, -0.1) is 0 Å². The molecule has 3 unspecified atom stereocenters. The molecule has 0 aliphatic carbocycles. The highest BCUT2D eigenvalue weighted by Crippen LogP contribution is 2.33. The van der Waals surface area contributed by atoms with Crippen LogP contribution < -0.4 is 0 Å². The van der Waals surface area contributed by atoms with Crippen molar-refractivity contribution in [3.63, 3.8) is 0 Å². The number of amides is 1. The van der Waals surface area contributed by atoms with E-state index in [1.165, 1.54) is 0 Å². The van der Waals surface area contributed by atoms with Gasteiger partial charge in [-0.2, -0.15) is 13.2 Å². The van der Waals surface area contributed by atoms with Gasteiger partial charge >= 0.3 is 12.1 Å². The van der Waals surface area contributed by atoms with Crippen molar-refractivity contribution in [1.29, 1.82) is 0 Å². The molecule has 2 bridgehead atoms. The van der Waals surface area contributed by atoms with E-state index in [9.17, 15) is 18.0 Å².